The number of rotatable bonds is 28. The molecule has 0 aliphatic heterocycles. The largest absolute Gasteiger partial charge is 0.508 e. The van der Waals surface area contributed by atoms with Gasteiger partial charge in [0.15, 0.2) is 0 Å². The number of amides is 6. The number of phenolic OH excluding ortho intramolecular Hbond substituents is 1. The minimum absolute atomic E-state index is 0.0118. The molecule has 21 nitrogen and oxygen atoms in total. The van der Waals surface area contributed by atoms with Crippen molar-refractivity contribution < 1.29 is 48.9 Å². The van der Waals surface area contributed by atoms with E-state index in [-0.39, 0.29) is 50.9 Å². The maximum Gasteiger partial charge on any atom is 0.322 e. The molecule has 0 saturated heterocycles. The lowest BCUT2D eigenvalue weighted by atomic mass is 10.0. The molecule has 2 aromatic carbocycles. The highest BCUT2D eigenvalue weighted by molar-refractivity contribution is 5.97. The van der Waals surface area contributed by atoms with Crippen molar-refractivity contribution in [3.8, 4) is 5.75 Å². The van der Waals surface area contributed by atoms with Crippen molar-refractivity contribution in [3.05, 3.63) is 83.9 Å². The van der Waals surface area contributed by atoms with E-state index in [9.17, 15) is 43.8 Å². The van der Waals surface area contributed by atoms with Crippen LogP contribution in [0.3, 0.4) is 0 Å². The van der Waals surface area contributed by atoms with Crippen molar-refractivity contribution in [2.75, 3.05) is 26.2 Å². The highest BCUT2D eigenvalue weighted by Crippen LogP contribution is 2.13. The fourth-order valence-electron chi connectivity index (χ4n) is 6.23. The molecule has 0 spiro atoms. The second-order valence-electron chi connectivity index (χ2n) is 14.6. The van der Waals surface area contributed by atoms with Crippen LogP contribution in [0, 0.1) is 0 Å². The van der Waals surface area contributed by atoms with E-state index < -0.39 is 90.8 Å². The Bertz CT molecular complexity index is 1880. The van der Waals surface area contributed by atoms with Crippen LogP contribution in [-0.2, 0) is 52.8 Å². The van der Waals surface area contributed by atoms with Crippen molar-refractivity contribution in [2.45, 2.75) is 94.0 Å². The predicted octanol–water partition coefficient (Wildman–Crippen LogP) is -2.65. The maximum absolute atomic E-state index is 14.2. The van der Waals surface area contributed by atoms with Gasteiger partial charge in [0.1, 0.15) is 42.5 Å². The lowest BCUT2D eigenvalue weighted by Crippen LogP contribution is -2.60. The molecule has 0 aliphatic carbocycles. The molecule has 16 N–H and O–H groups in total. The van der Waals surface area contributed by atoms with Gasteiger partial charge in [0, 0.05) is 24.7 Å². The van der Waals surface area contributed by atoms with Crippen LogP contribution in [0.2, 0.25) is 0 Å². The molecule has 62 heavy (non-hydrogen) atoms. The Morgan fingerprint density at radius 1 is 0.613 bits per heavy atom. The molecule has 0 radical (unpaired) electrons. The summed E-state index contributed by atoms with van der Waals surface area (Å²) in [7, 11) is 0. The zero-order valence-electron chi connectivity index (χ0n) is 34.4. The third kappa shape index (κ3) is 17.7. The molecule has 0 bridgehead atoms. The molecule has 3 rings (SSSR count). The van der Waals surface area contributed by atoms with Gasteiger partial charge >= 0.3 is 5.97 Å². The van der Waals surface area contributed by atoms with Gasteiger partial charge in [-0.3, -0.25) is 33.6 Å². The summed E-state index contributed by atoms with van der Waals surface area (Å²) >= 11 is 0. The molecule has 0 aliphatic rings. The Hall–Kier alpha value is -6.42. The van der Waals surface area contributed by atoms with Gasteiger partial charge in [0.2, 0.25) is 35.4 Å². The molecule has 21 heteroatoms. The Morgan fingerprint density at radius 3 is 1.63 bits per heavy atom. The number of aliphatic hydroxyl groups is 1. The average molecular weight is 866 g/mol. The number of aromatic amines is 1. The first-order valence-corrected chi connectivity index (χ1v) is 20.3. The number of carbonyl (C=O) groups excluding carboxylic acids is 6. The van der Waals surface area contributed by atoms with Gasteiger partial charge in [0.05, 0.1) is 19.0 Å². The summed E-state index contributed by atoms with van der Waals surface area (Å²) in [6.45, 7) is -1.08. The summed E-state index contributed by atoms with van der Waals surface area (Å²) in [5, 5.41) is 43.7. The van der Waals surface area contributed by atoms with Crippen LogP contribution in [0.4, 0.5) is 0 Å². The smallest absolute Gasteiger partial charge is 0.322 e. The van der Waals surface area contributed by atoms with E-state index >= 15 is 0 Å². The zero-order chi connectivity index (χ0) is 45.4. The standard InChI is InChI=1S/C41H59N11O10/c42-16-6-4-10-30(38(59)48-31(11-5-7-17-43)39(60)52-34(23-53)37(58)46-22-35(55)56)49-41(62)33(20-27-21-45-24-47-27)51-40(61)32(19-26-12-14-28(54)15-13-26)50-36(57)29(44)18-25-8-2-1-3-9-25/h1-3,8-9,12-15,21,24,29-34,53-54H,4-7,10-11,16-20,22-23,42-44H2,(H,45,47)(H,46,58)(H,48,59)(H,49,62)(H,50,57)(H,51,61)(H,52,60)(H,55,56)/t29-,30-,31-,32-,33-,34-/m0/s1. The highest BCUT2D eigenvalue weighted by Gasteiger charge is 2.33. The van der Waals surface area contributed by atoms with Gasteiger partial charge < -0.3 is 69.4 Å². The number of aliphatic hydroxyl groups excluding tert-OH is 1. The van der Waals surface area contributed by atoms with E-state index in [2.05, 4.69) is 41.9 Å². The molecular formula is C41H59N11O10. The molecule has 338 valence electrons. The van der Waals surface area contributed by atoms with E-state index in [1.165, 1.54) is 24.7 Å². The number of H-pyrrole nitrogens is 1. The fraction of sp³-hybridized carbons (Fsp3) is 0.463. The number of phenols is 1. The predicted molar refractivity (Wildman–Crippen MR) is 225 cm³/mol. The summed E-state index contributed by atoms with van der Waals surface area (Å²) < 4.78 is 0. The van der Waals surface area contributed by atoms with Gasteiger partial charge in [0.25, 0.3) is 0 Å². The number of nitrogens with two attached hydrogens (primary N) is 3. The number of carboxylic acids is 1. The topological polar surface area (TPSA) is 359 Å². The summed E-state index contributed by atoms with van der Waals surface area (Å²) in [5.41, 5.74) is 19.4. The number of aliphatic carboxylic acids is 1. The van der Waals surface area contributed by atoms with Gasteiger partial charge in [-0.25, -0.2) is 4.98 Å². The monoisotopic (exact) mass is 865 g/mol. The minimum Gasteiger partial charge on any atom is -0.508 e. The summed E-state index contributed by atoms with van der Waals surface area (Å²) in [6, 6.07) is 7.35. The van der Waals surface area contributed by atoms with Gasteiger partial charge in [-0.1, -0.05) is 42.5 Å². The van der Waals surface area contributed by atoms with Crippen molar-refractivity contribution in [1.29, 1.82) is 0 Å². The molecule has 1 heterocycles. The van der Waals surface area contributed by atoms with Crippen LogP contribution in [0.25, 0.3) is 0 Å². The number of imidazole rings is 1. The second kappa shape index (κ2) is 26.7. The van der Waals surface area contributed by atoms with Gasteiger partial charge in [-0.15, -0.1) is 0 Å². The van der Waals surface area contributed by atoms with Crippen LogP contribution < -0.4 is 49.1 Å². The number of benzene rings is 2. The first-order valence-electron chi connectivity index (χ1n) is 20.3. The zero-order valence-corrected chi connectivity index (χ0v) is 34.4. The number of nitrogens with one attached hydrogen (secondary N) is 7. The lowest BCUT2D eigenvalue weighted by Gasteiger charge is -2.27. The van der Waals surface area contributed by atoms with Crippen molar-refractivity contribution in [2.24, 2.45) is 17.2 Å². The van der Waals surface area contributed by atoms with Crippen molar-refractivity contribution in [1.82, 2.24) is 41.9 Å². The molecule has 3 aromatic rings. The SMILES string of the molecule is NCCCC[C@H](NC(=O)[C@H](CCCCN)NC(=O)[C@H](Cc1cnc[nH]1)NC(=O)[C@H](Cc1ccc(O)cc1)NC(=O)[C@@H](N)Cc1ccccc1)C(=O)N[C@@H](CO)C(=O)NCC(=O)O. The van der Waals surface area contributed by atoms with Crippen LogP contribution in [0.1, 0.15) is 55.3 Å². The van der Waals surface area contributed by atoms with Crippen LogP contribution >= 0.6 is 0 Å². The first kappa shape index (κ1) is 49.9. The van der Waals surface area contributed by atoms with E-state index in [0.29, 0.717) is 36.9 Å². The third-order valence-corrected chi connectivity index (χ3v) is 9.65. The Kier molecular flexibility index (Phi) is 21.5. The van der Waals surface area contributed by atoms with E-state index in [4.69, 9.17) is 22.3 Å². The van der Waals surface area contributed by atoms with E-state index in [1.54, 1.807) is 24.3 Å². The molecule has 6 amide bonds. The number of carbonyl (C=O) groups is 7. The molecular weight excluding hydrogens is 807 g/mol. The van der Waals surface area contributed by atoms with E-state index in [1.807, 2.05) is 18.2 Å². The van der Waals surface area contributed by atoms with Crippen LogP contribution in [-0.4, -0.2) is 129 Å². The number of aromatic hydroxyl groups is 1. The minimum atomic E-state index is -1.54. The molecule has 1 aromatic heterocycles. The summed E-state index contributed by atoms with van der Waals surface area (Å²) in [6.07, 6.45) is 4.63. The molecule has 6 atom stereocenters. The number of aromatic nitrogens is 2. The fourth-order valence-corrected chi connectivity index (χ4v) is 6.23. The Morgan fingerprint density at radius 2 is 1.11 bits per heavy atom. The Balaban J connectivity index is 1.87. The van der Waals surface area contributed by atoms with Crippen LogP contribution in [0.15, 0.2) is 67.1 Å². The molecule has 0 fully saturated rings. The number of nitrogens with zero attached hydrogens (tertiary/aromatic N) is 1. The Labute approximate surface area is 358 Å². The maximum atomic E-state index is 14.2. The third-order valence-electron chi connectivity index (χ3n) is 9.65. The second-order valence-corrected chi connectivity index (χ2v) is 14.6. The van der Waals surface area contributed by atoms with E-state index in [0.717, 1.165) is 5.56 Å². The normalized spacial score (nSPS) is 13.9. The quantitative estimate of drug-likeness (QED) is 0.0332. The summed E-state index contributed by atoms with van der Waals surface area (Å²) in [4.78, 5) is 99.4. The highest BCUT2D eigenvalue weighted by atomic mass is 16.4. The summed E-state index contributed by atoms with van der Waals surface area (Å²) in [5.74, 6) is -6.15. The molecule has 0 saturated carbocycles. The molecule has 0 unspecified atom stereocenters. The van der Waals surface area contributed by atoms with Crippen molar-refractivity contribution in [3.63, 3.8) is 0 Å². The number of hydrogen-bond donors (Lipinski definition) is 13. The number of unbranched alkanes of at least 4 members (excludes halogenated alkanes) is 2. The number of hydrogen-bond acceptors (Lipinski definition) is 13. The average Bonchev–Trinajstić information content (AvgIpc) is 3.77. The van der Waals surface area contributed by atoms with Gasteiger partial charge in [-0.2, -0.15) is 0 Å². The van der Waals surface area contributed by atoms with Crippen molar-refractivity contribution >= 4 is 41.4 Å². The van der Waals surface area contributed by atoms with Crippen LogP contribution in [0.5, 0.6) is 5.75 Å². The first-order chi connectivity index (χ1) is 29.7. The number of carboxylic acid groups (broad SMARTS) is 1. The van der Waals surface area contributed by atoms with Gasteiger partial charge in [-0.05, 0) is 81.3 Å². The lowest BCUT2D eigenvalue weighted by molar-refractivity contribution is -0.139.